The number of hydrogen-bond acceptors (Lipinski definition) is 4. The van der Waals surface area contributed by atoms with Crippen molar-refractivity contribution in [3.05, 3.63) is 74.6 Å². The number of nitrogens with one attached hydrogen (secondary N) is 1. The van der Waals surface area contributed by atoms with Crippen molar-refractivity contribution in [2.24, 2.45) is 0 Å². The minimum absolute atomic E-state index is 0.210. The maximum absolute atomic E-state index is 13.4. The molecule has 0 unspecified atom stereocenters. The van der Waals surface area contributed by atoms with E-state index in [1.807, 2.05) is 0 Å². The second-order valence-corrected chi connectivity index (χ2v) is 10.6. The highest BCUT2D eigenvalue weighted by atomic mass is 35.5. The zero-order valence-electron chi connectivity index (χ0n) is 15.2. The van der Waals surface area contributed by atoms with Gasteiger partial charge in [-0.25, -0.2) is 8.42 Å². The first-order valence-corrected chi connectivity index (χ1v) is 12.1. The minimum Gasteiger partial charge on any atom is -0.312 e. The van der Waals surface area contributed by atoms with E-state index >= 15 is 0 Å². The molecule has 1 aromatic heterocycles. The summed E-state index contributed by atoms with van der Waals surface area (Å²) in [6.45, 7) is 0. The highest BCUT2D eigenvalue weighted by Gasteiger charge is 2.31. The predicted molar refractivity (Wildman–Crippen MR) is 117 cm³/mol. The smallest absolute Gasteiger partial charge is 0.257 e. The van der Waals surface area contributed by atoms with E-state index in [0.717, 1.165) is 29.7 Å². The van der Waals surface area contributed by atoms with E-state index < -0.39 is 15.7 Å². The maximum atomic E-state index is 13.4. The van der Waals surface area contributed by atoms with Crippen LogP contribution in [0, 0.1) is 0 Å². The van der Waals surface area contributed by atoms with E-state index in [1.165, 1.54) is 23.5 Å². The summed E-state index contributed by atoms with van der Waals surface area (Å²) in [7, 11) is -3.77. The topological polar surface area (TPSA) is 63.2 Å². The van der Waals surface area contributed by atoms with Crippen LogP contribution in [0.25, 0.3) is 0 Å². The third-order valence-electron chi connectivity index (χ3n) is 4.85. The van der Waals surface area contributed by atoms with Crippen LogP contribution in [0.15, 0.2) is 58.3 Å². The zero-order chi connectivity index (χ0) is 20.6. The first kappa shape index (κ1) is 20.4. The van der Waals surface area contributed by atoms with E-state index in [0.29, 0.717) is 16.4 Å². The monoisotopic (exact) mass is 465 g/mol. The molecule has 4 nitrogen and oxygen atoms in total. The van der Waals surface area contributed by atoms with Gasteiger partial charge in [0, 0.05) is 9.90 Å². The lowest BCUT2D eigenvalue weighted by Gasteiger charge is -2.14. The molecule has 1 heterocycles. The molecule has 1 N–H and O–H groups in total. The highest BCUT2D eigenvalue weighted by molar-refractivity contribution is 7.92. The fourth-order valence-corrected chi connectivity index (χ4v) is 7.25. The van der Waals surface area contributed by atoms with Gasteiger partial charge in [-0.2, -0.15) is 0 Å². The fourth-order valence-electron chi connectivity index (χ4n) is 3.47. The van der Waals surface area contributed by atoms with Crippen molar-refractivity contribution in [3.8, 4) is 0 Å². The van der Waals surface area contributed by atoms with Crippen molar-refractivity contribution >= 4 is 55.3 Å². The first-order chi connectivity index (χ1) is 13.9. The number of carbonyl (C=O) groups excluding carboxylic acids is 1. The Hall–Kier alpha value is -1.86. The van der Waals surface area contributed by atoms with Gasteiger partial charge in [-0.15, -0.1) is 11.3 Å². The number of sulfone groups is 1. The normalized spacial score (nSPS) is 13.7. The second kappa shape index (κ2) is 8.11. The standard InChI is InChI=1S/C21H17Cl2NO3S2/c22-13-10-11-15(17(23)12-13)20(25)24-21-19(16-8-4-5-9-18(16)28-21)29(26,27)14-6-2-1-3-7-14/h1-3,6-7,10-12H,4-5,8-9H2,(H,24,25). The Bertz CT molecular complexity index is 1190. The summed E-state index contributed by atoms with van der Waals surface area (Å²) in [5, 5.41) is 3.77. The van der Waals surface area contributed by atoms with Gasteiger partial charge in [0.2, 0.25) is 9.84 Å². The van der Waals surface area contributed by atoms with Gasteiger partial charge in [0.15, 0.2) is 0 Å². The van der Waals surface area contributed by atoms with Gasteiger partial charge in [0.1, 0.15) is 9.90 Å². The van der Waals surface area contributed by atoms with Crippen molar-refractivity contribution in [2.75, 3.05) is 5.32 Å². The van der Waals surface area contributed by atoms with Gasteiger partial charge in [0.25, 0.3) is 5.91 Å². The Balaban J connectivity index is 1.80. The number of halogens is 2. The maximum Gasteiger partial charge on any atom is 0.257 e. The summed E-state index contributed by atoms with van der Waals surface area (Å²) in [5.74, 6) is -0.463. The van der Waals surface area contributed by atoms with E-state index in [4.69, 9.17) is 23.2 Å². The third kappa shape index (κ3) is 3.94. The van der Waals surface area contributed by atoms with Crippen molar-refractivity contribution in [1.29, 1.82) is 0 Å². The van der Waals surface area contributed by atoms with E-state index in [9.17, 15) is 13.2 Å². The van der Waals surface area contributed by atoms with E-state index in [-0.39, 0.29) is 20.4 Å². The highest BCUT2D eigenvalue weighted by Crippen LogP contribution is 2.43. The summed E-state index contributed by atoms with van der Waals surface area (Å²) in [5.41, 5.74) is 1.06. The lowest BCUT2D eigenvalue weighted by atomic mass is 9.99. The van der Waals surface area contributed by atoms with Gasteiger partial charge in [0.05, 0.1) is 15.5 Å². The largest absolute Gasteiger partial charge is 0.312 e. The average molecular weight is 466 g/mol. The summed E-state index contributed by atoms with van der Waals surface area (Å²) in [4.78, 5) is 14.3. The number of amides is 1. The van der Waals surface area contributed by atoms with Gasteiger partial charge >= 0.3 is 0 Å². The summed E-state index contributed by atoms with van der Waals surface area (Å²) in [6.07, 6.45) is 3.44. The fraction of sp³-hybridized carbons (Fsp3) is 0.190. The van der Waals surface area contributed by atoms with Crippen LogP contribution in [0.4, 0.5) is 5.00 Å². The van der Waals surface area contributed by atoms with E-state index in [2.05, 4.69) is 5.32 Å². The molecule has 8 heteroatoms. The van der Waals surface area contributed by atoms with Gasteiger partial charge in [-0.1, -0.05) is 41.4 Å². The SMILES string of the molecule is O=C(Nc1sc2c(c1S(=O)(=O)c1ccccc1)CCCC2)c1ccc(Cl)cc1Cl. The quantitative estimate of drug-likeness (QED) is 0.512. The number of fused-ring (bicyclic) bond motifs is 1. The molecule has 150 valence electrons. The Morgan fingerprint density at radius 2 is 1.72 bits per heavy atom. The zero-order valence-corrected chi connectivity index (χ0v) is 18.4. The molecule has 4 rings (SSSR count). The molecule has 0 atom stereocenters. The van der Waals surface area contributed by atoms with Crippen molar-refractivity contribution < 1.29 is 13.2 Å². The van der Waals surface area contributed by atoms with Crippen LogP contribution in [0.3, 0.4) is 0 Å². The van der Waals surface area contributed by atoms with Crippen LogP contribution in [0.1, 0.15) is 33.6 Å². The predicted octanol–water partition coefficient (Wildman–Crippen LogP) is 6.02. The first-order valence-electron chi connectivity index (χ1n) is 9.09. The Labute approximate surface area is 183 Å². The third-order valence-corrected chi connectivity index (χ3v) is 8.61. The minimum atomic E-state index is -3.77. The number of benzene rings is 2. The number of anilines is 1. The van der Waals surface area contributed by atoms with E-state index in [1.54, 1.807) is 36.4 Å². The Morgan fingerprint density at radius 1 is 1.00 bits per heavy atom. The molecule has 3 aromatic rings. The Kier molecular flexibility index (Phi) is 5.71. The van der Waals surface area contributed by atoms with Gasteiger partial charge in [-0.05, 0) is 61.6 Å². The molecule has 0 fully saturated rings. The van der Waals surface area contributed by atoms with Crippen LogP contribution in [-0.2, 0) is 22.7 Å². The second-order valence-electron chi connectivity index (χ2n) is 6.76. The van der Waals surface area contributed by atoms with Crippen molar-refractivity contribution in [2.45, 2.75) is 35.5 Å². The summed E-state index contributed by atoms with van der Waals surface area (Å²) >= 11 is 13.4. The molecule has 29 heavy (non-hydrogen) atoms. The van der Waals surface area contributed by atoms with Crippen LogP contribution in [0.2, 0.25) is 10.0 Å². The number of carbonyl (C=O) groups is 1. The number of thiophene rings is 1. The lowest BCUT2D eigenvalue weighted by Crippen LogP contribution is -2.15. The number of rotatable bonds is 4. The molecular weight excluding hydrogens is 449 g/mol. The lowest BCUT2D eigenvalue weighted by molar-refractivity contribution is 0.102. The van der Waals surface area contributed by atoms with Crippen LogP contribution >= 0.6 is 34.5 Å². The molecule has 0 saturated carbocycles. The van der Waals surface area contributed by atoms with Gasteiger partial charge in [-0.3, -0.25) is 4.79 Å². The Morgan fingerprint density at radius 3 is 2.45 bits per heavy atom. The number of aryl methyl sites for hydroxylation is 1. The average Bonchev–Trinajstić information content (AvgIpc) is 3.07. The molecule has 0 bridgehead atoms. The summed E-state index contributed by atoms with van der Waals surface area (Å²) < 4.78 is 26.9. The molecule has 0 spiro atoms. The molecule has 0 radical (unpaired) electrons. The molecule has 2 aromatic carbocycles. The molecule has 1 aliphatic carbocycles. The summed E-state index contributed by atoms with van der Waals surface area (Å²) in [6, 6.07) is 12.9. The van der Waals surface area contributed by atoms with Crippen LogP contribution < -0.4 is 5.32 Å². The van der Waals surface area contributed by atoms with Crippen molar-refractivity contribution in [3.63, 3.8) is 0 Å². The molecule has 0 saturated heterocycles. The molecular formula is C21H17Cl2NO3S2. The molecule has 1 amide bonds. The number of hydrogen-bond donors (Lipinski definition) is 1. The molecule has 1 aliphatic rings. The van der Waals surface area contributed by atoms with Gasteiger partial charge < -0.3 is 5.32 Å². The van der Waals surface area contributed by atoms with Crippen molar-refractivity contribution in [1.82, 2.24) is 0 Å². The van der Waals surface area contributed by atoms with Crippen LogP contribution in [0.5, 0.6) is 0 Å². The van der Waals surface area contributed by atoms with Crippen LogP contribution in [-0.4, -0.2) is 14.3 Å². The molecule has 0 aliphatic heterocycles.